The van der Waals surface area contributed by atoms with Crippen LogP contribution in [0.15, 0.2) is 0 Å². The largest absolute Gasteiger partial charge is 0.0735 e. The van der Waals surface area contributed by atoms with Crippen LogP contribution in [0.3, 0.4) is 0 Å². The fourth-order valence-corrected chi connectivity index (χ4v) is 181. The lowest BCUT2D eigenvalue weighted by Crippen LogP contribution is -3.10. The lowest BCUT2D eigenvalue weighted by Gasteiger charge is -2.89. The van der Waals surface area contributed by atoms with Crippen LogP contribution in [0, 0.1) is 0 Å². The summed E-state index contributed by atoms with van der Waals surface area (Å²) in [6.07, 6.45) is 0. The molecule has 1 aliphatic heterocycles. The third kappa shape index (κ3) is 2.06. The topological polar surface area (TPSA) is 0 Å². The Morgan fingerprint density at radius 2 is 0.458 bits per heavy atom. The molecule has 144 valence electrons. The standard InChI is InChI=1S/C20H48Si4/c1-17(2,3)23(18(4,5)6)21(13,14)22(15,16)24(23,19(7,8)9)20(10,11)12/h1-16H3. The van der Waals surface area contributed by atoms with Crippen LogP contribution >= 0.6 is 0 Å². The van der Waals surface area contributed by atoms with Crippen molar-refractivity contribution in [1.29, 1.82) is 0 Å². The Kier molecular flexibility index (Phi) is 4.99. The Morgan fingerprint density at radius 3 is 0.542 bits per heavy atom. The molecule has 0 aliphatic carbocycles. The molecule has 1 aliphatic rings. The van der Waals surface area contributed by atoms with Crippen LogP contribution < -0.4 is 0 Å². The quantitative estimate of drug-likeness (QED) is 0.363. The smallest absolute Gasteiger partial charge is 0.0494 e. The molecule has 0 aromatic rings. The molecule has 1 heterocycles. The predicted octanol–water partition coefficient (Wildman–Crippen LogP) is 7.83. The predicted molar refractivity (Wildman–Crippen MR) is 125 cm³/mol. The molecule has 0 atom stereocenters. The molecule has 0 N–H and O–H groups in total. The van der Waals surface area contributed by atoms with E-state index < -0.39 is 28.4 Å². The van der Waals surface area contributed by atoms with Crippen molar-refractivity contribution in [2.75, 3.05) is 0 Å². The van der Waals surface area contributed by atoms with Gasteiger partial charge < -0.3 is 0 Å². The van der Waals surface area contributed by atoms with E-state index in [0.29, 0.717) is 20.2 Å². The van der Waals surface area contributed by atoms with E-state index in [9.17, 15) is 0 Å². The molecule has 0 radical (unpaired) electrons. The van der Waals surface area contributed by atoms with E-state index in [2.05, 4.69) is 109 Å². The lowest BCUT2D eigenvalue weighted by molar-refractivity contribution is 0.599. The first-order valence-electron chi connectivity index (χ1n) is 10.0. The Bertz CT molecular complexity index is 426. The fraction of sp³-hybridized carbons (Fsp3) is 1.00. The van der Waals surface area contributed by atoms with Crippen molar-refractivity contribution in [3.8, 4) is 0 Å². The molecule has 0 unspecified atom stereocenters. The molecule has 1 fully saturated rings. The van der Waals surface area contributed by atoms with Gasteiger partial charge in [-0.1, -0.05) is 109 Å². The Balaban J connectivity index is 4.25. The highest BCUT2D eigenvalue weighted by Crippen LogP contribution is 2.78. The second-order valence-corrected chi connectivity index (χ2v) is 59.2. The SMILES string of the molecule is CC(C)(C)[Si]1(C(C)(C)C)[Si](C)(C)[Si](C)(C)[Si]1(C(C)(C)C)C(C)(C)C. The van der Waals surface area contributed by atoms with Gasteiger partial charge in [-0.25, -0.2) is 0 Å². The molecule has 0 aromatic heterocycles. The van der Waals surface area contributed by atoms with E-state index in [1.165, 1.54) is 0 Å². The number of hydrogen-bond acceptors (Lipinski definition) is 0. The second kappa shape index (κ2) is 5.23. The first kappa shape index (κ1) is 22.9. The molecule has 0 nitrogen and oxygen atoms in total. The minimum absolute atomic E-state index is 0.510. The van der Waals surface area contributed by atoms with Crippen LogP contribution in [-0.2, 0) is 0 Å². The van der Waals surface area contributed by atoms with Gasteiger partial charge in [-0.2, -0.15) is 0 Å². The van der Waals surface area contributed by atoms with Crippen LogP contribution in [0.1, 0.15) is 83.1 Å². The van der Waals surface area contributed by atoms with Gasteiger partial charge in [0.2, 0.25) is 0 Å². The zero-order chi connectivity index (χ0) is 20.0. The summed E-state index contributed by atoms with van der Waals surface area (Å²) in [6.45, 7) is 43.3. The summed E-state index contributed by atoms with van der Waals surface area (Å²) in [4.78, 5) is 0. The van der Waals surface area contributed by atoms with Crippen LogP contribution in [0.5, 0.6) is 0 Å². The number of hydrogen-bond donors (Lipinski definition) is 0. The molecule has 0 spiro atoms. The van der Waals surface area contributed by atoms with Crippen molar-refractivity contribution in [2.45, 2.75) is 129 Å². The van der Waals surface area contributed by atoms with Gasteiger partial charge >= 0.3 is 0 Å². The van der Waals surface area contributed by atoms with E-state index in [1.54, 1.807) is 0 Å². The van der Waals surface area contributed by atoms with Crippen LogP contribution in [0.2, 0.25) is 46.3 Å². The van der Waals surface area contributed by atoms with E-state index in [0.717, 1.165) is 0 Å². The van der Waals surface area contributed by atoms with Crippen LogP contribution in [0.25, 0.3) is 0 Å². The van der Waals surface area contributed by atoms with Gasteiger partial charge in [0, 0.05) is 28.4 Å². The molecular formula is C20H48Si4. The summed E-state index contributed by atoms with van der Waals surface area (Å²) < 4.78 is 0. The van der Waals surface area contributed by atoms with Crippen molar-refractivity contribution >= 4 is 28.4 Å². The van der Waals surface area contributed by atoms with Gasteiger partial charge in [-0.15, -0.1) is 0 Å². The molecule has 0 bridgehead atoms. The van der Waals surface area contributed by atoms with E-state index in [-0.39, 0.29) is 0 Å². The maximum atomic E-state index is 2.85. The molecule has 1 rings (SSSR count). The summed E-state index contributed by atoms with van der Waals surface area (Å²) >= 11 is 0. The summed E-state index contributed by atoms with van der Waals surface area (Å²) in [5.41, 5.74) is 0. The van der Waals surface area contributed by atoms with Gasteiger partial charge in [0.25, 0.3) is 0 Å². The Hall–Kier alpha value is 0.868. The van der Waals surface area contributed by atoms with Gasteiger partial charge in [-0.05, 0) is 20.2 Å². The van der Waals surface area contributed by atoms with E-state index in [4.69, 9.17) is 0 Å². The summed E-state index contributed by atoms with van der Waals surface area (Å²) in [7, 11) is -5.53. The minimum atomic E-state index is -1.52. The van der Waals surface area contributed by atoms with Crippen LogP contribution in [-0.4, -0.2) is 28.4 Å². The number of rotatable bonds is 0. The third-order valence-electron chi connectivity index (χ3n) is 8.50. The molecular weight excluding hydrogens is 353 g/mol. The van der Waals surface area contributed by atoms with E-state index in [1.807, 2.05) is 0 Å². The zero-order valence-electron chi connectivity index (χ0n) is 20.0. The summed E-state index contributed by atoms with van der Waals surface area (Å²) in [5.74, 6) is 0. The van der Waals surface area contributed by atoms with Crippen molar-refractivity contribution in [1.82, 2.24) is 0 Å². The Morgan fingerprint density at radius 1 is 0.333 bits per heavy atom. The monoisotopic (exact) mass is 400 g/mol. The highest BCUT2D eigenvalue weighted by Gasteiger charge is 2.92. The minimum Gasteiger partial charge on any atom is -0.0735 e. The summed E-state index contributed by atoms with van der Waals surface area (Å²) in [6, 6.07) is 0. The van der Waals surface area contributed by atoms with Gasteiger partial charge in [0.05, 0.1) is 0 Å². The van der Waals surface area contributed by atoms with E-state index >= 15 is 0 Å². The molecule has 24 heavy (non-hydrogen) atoms. The molecule has 4 heteroatoms. The van der Waals surface area contributed by atoms with Gasteiger partial charge in [-0.3, -0.25) is 0 Å². The Labute approximate surface area is 157 Å². The first-order valence-corrected chi connectivity index (χ1v) is 24.0. The lowest BCUT2D eigenvalue weighted by atomic mass is 10.2. The zero-order valence-corrected chi connectivity index (χ0v) is 24.0. The maximum absolute atomic E-state index is 2.85. The average molecular weight is 401 g/mol. The summed E-state index contributed by atoms with van der Waals surface area (Å²) in [5, 5.41) is 2.04. The van der Waals surface area contributed by atoms with Crippen molar-refractivity contribution in [2.24, 2.45) is 0 Å². The van der Waals surface area contributed by atoms with Crippen molar-refractivity contribution in [3.63, 3.8) is 0 Å². The van der Waals surface area contributed by atoms with Gasteiger partial charge in [0.15, 0.2) is 0 Å². The average Bonchev–Trinajstić information content (AvgIpc) is 2.15. The molecule has 0 amide bonds. The van der Waals surface area contributed by atoms with Gasteiger partial charge in [0.1, 0.15) is 0 Å². The highest BCUT2D eigenvalue weighted by molar-refractivity contribution is 8.15. The van der Waals surface area contributed by atoms with Crippen molar-refractivity contribution in [3.05, 3.63) is 0 Å². The van der Waals surface area contributed by atoms with Crippen molar-refractivity contribution < 1.29 is 0 Å². The molecule has 1 saturated heterocycles. The first-order chi connectivity index (χ1) is 10.0. The maximum Gasteiger partial charge on any atom is 0.0494 e. The second-order valence-electron chi connectivity index (χ2n) is 13.8. The molecule has 0 saturated carbocycles. The normalized spacial score (nSPS) is 26.0. The van der Waals surface area contributed by atoms with Crippen LogP contribution in [0.4, 0.5) is 0 Å². The highest BCUT2D eigenvalue weighted by atomic mass is 30.2. The third-order valence-corrected chi connectivity index (χ3v) is 112. The molecule has 0 aromatic carbocycles. The fourth-order valence-electron chi connectivity index (χ4n) is 10.1.